The van der Waals surface area contributed by atoms with Gasteiger partial charge in [-0.3, -0.25) is 4.79 Å². The van der Waals surface area contributed by atoms with Crippen molar-refractivity contribution >= 4 is 5.78 Å². The van der Waals surface area contributed by atoms with Gasteiger partial charge in [-0.2, -0.15) is 0 Å². The molecular formula is C8H15NO2. The number of aliphatic hydroxyl groups excluding tert-OH is 1. The van der Waals surface area contributed by atoms with Crippen LogP contribution < -0.4 is 0 Å². The van der Waals surface area contributed by atoms with Gasteiger partial charge in [0.1, 0.15) is 0 Å². The molecule has 0 aliphatic carbocycles. The van der Waals surface area contributed by atoms with Crippen LogP contribution in [0.15, 0.2) is 11.8 Å². The van der Waals surface area contributed by atoms with E-state index in [2.05, 4.69) is 0 Å². The quantitative estimate of drug-likeness (QED) is 0.488. The van der Waals surface area contributed by atoms with Gasteiger partial charge in [0.05, 0.1) is 12.3 Å². The Kier molecular flexibility index (Phi) is 4.54. The van der Waals surface area contributed by atoms with Crippen molar-refractivity contribution in [3.63, 3.8) is 0 Å². The van der Waals surface area contributed by atoms with Crippen LogP contribution in [0.1, 0.15) is 13.3 Å². The first-order chi connectivity index (χ1) is 5.06. The van der Waals surface area contributed by atoms with Gasteiger partial charge in [-0.25, -0.2) is 0 Å². The van der Waals surface area contributed by atoms with Crippen LogP contribution in [-0.4, -0.2) is 36.4 Å². The molecule has 3 heteroatoms. The predicted molar refractivity (Wildman–Crippen MR) is 44.6 cm³/mol. The van der Waals surface area contributed by atoms with Crippen LogP contribution >= 0.6 is 0 Å². The first-order valence-electron chi connectivity index (χ1n) is 3.63. The molecular weight excluding hydrogens is 142 g/mol. The monoisotopic (exact) mass is 157 g/mol. The molecule has 0 spiro atoms. The Balaban J connectivity index is 3.86. The number of carbonyl (C=O) groups is 1. The zero-order valence-corrected chi connectivity index (χ0v) is 7.29. The lowest BCUT2D eigenvalue weighted by molar-refractivity contribution is -0.115. The standard InChI is InChI=1S/C8H15NO2/c1-4-7(10)5-8(11)6-9(2)3/h5,10H,4,6H2,1-3H3/b7-5-. The van der Waals surface area contributed by atoms with Crippen molar-refractivity contribution in [1.82, 2.24) is 4.90 Å². The number of nitrogens with zero attached hydrogens (tertiary/aromatic N) is 1. The van der Waals surface area contributed by atoms with Crippen LogP contribution in [0.25, 0.3) is 0 Å². The fourth-order valence-electron chi connectivity index (χ4n) is 0.645. The summed E-state index contributed by atoms with van der Waals surface area (Å²) in [5.41, 5.74) is 0. The average Bonchev–Trinajstić information content (AvgIpc) is 1.85. The summed E-state index contributed by atoms with van der Waals surface area (Å²) in [5, 5.41) is 8.96. The van der Waals surface area contributed by atoms with Crippen LogP contribution in [0.3, 0.4) is 0 Å². The summed E-state index contributed by atoms with van der Waals surface area (Å²) in [7, 11) is 3.63. The first-order valence-corrected chi connectivity index (χ1v) is 3.63. The molecule has 3 nitrogen and oxygen atoms in total. The topological polar surface area (TPSA) is 40.5 Å². The van der Waals surface area contributed by atoms with Crippen molar-refractivity contribution in [2.24, 2.45) is 0 Å². The van der Waals surface area contributed by atoms with Crippen LogP contribution in [0.2, 0.25) is 0 Å². The summed E-state index contributed by atoms with van der Waals surface area (Å²) in [4.78, 5) is 12.7. The Morgan fingerprint density at radius 3 is 2.45 bits per heavy atom. The van der Waals surface area contributed by atoms with E-state index in [0.29, 0.717) is 13.0 Å². The van der Waals surface area contributed by atoms with Gasteiger partial charge in [-0.05, 0) is 14.1 Å². The summed E-state index contributed by atoms with van der Waals surface area (Å²) >= 11 is 0. The van der Waals surface area contributed by atoms with Gasteiger partial charge >= 0.3 is 0 Å². The van der Waals surface area contributed by atoms with Crippen molar-refractivity contribution < 1.29 is 9.90 Å². The van der Waals surface area contributed by atoms with Gasteiger partial charge in [-0.1, -0.05) is 6.92 Å². The molecule has 64 valence electrons. The van der Waals surface area contributed by atoms with Gasteiger partial charge < -0.3 is 10.0 Å². The molecule has 1 N–H and O–H groups in total. The fourth-order valence-corrected chi connectivity index (χ4v) is 0.645. The lowest BCUT2D eigenvalue weighted by Gasteiger charge is -2.05. The smallest absolute Gasteiger partial charge is 0.172 e. The summed E-state index contributed by atoms with van der Waals surface area (Å²) < 4.78 is 0. The maximum absolute atomic E-state index is 10.9. The highest BCUT2D eigenvalue weighted by molar-refractivity contribution is 5.91. The normalized spacial score (nSPS) is 12.2. The van der Waals surface area contributed by atoms with Crippen molar-refractivity contribution in [3.8, 4) is 0 Å². The number of hydrogen-bond acceptors (Lipinski definition) is 3. The number of rotatable bonds is 4. The molecule has 0 aromatic rings. The second-order valence-corrected chi connectivity index (χ2v) is 2.69. The van der Waals surface area contributed by atoms with Gasteiger partial charge in [-0.15, -0.1) is 0 Å². The van der Waals surface area contributed by atoms with E-state index in [0.717, 1.165) is 0 Å². The second-order valence-electron chi connectivity index (χ2n) is 2.69. The number of aliphatic hydroxyl groups is 1. The number of hydrogen-bond donors (Lipinski definition) is 1. The van der Waals surface area contributed by atoms with Gasteiger partial charge in [0.2, 0.25) is 0 Å². The van der Waals surface area contributed by atoms with Crippen LogP contribution in [-0.2, 0) is 4.79 Å². The molecule has 11 heavy (non-hydrogen) atoms. The molecule has 0 aliphatic heterocycles. The zero-order valence-electron chi connectivity index (χ0n) is 7.29. The highest BCUT2D eigenvalue weighted by Crippen LogP contribution is 1.94. The summed E-state index contributed by atoms with van der Waals surface area (Å²) in [6.07, 6.45) is 1.79. The molecule has 0 aromatic heterocycles. The minimum Gasteiger partial charge on any atom is -0.512 e. The molecule has 0 amide bonds. The maximum Gasteiger partial charge on any atom is 0.172 e. The average molecular weight is 157 g/mol. The van der Waals surface area contributed by atoms with E-state index in [4.69, 9.17) is 5.11 Å². The Bertz CT molecular complexity index is 161. The SMILES string of the molecule is CC/C(O)=C/C(=O)CN(C)C. The third-order valence-electron chi connectivity index (χ3n) is 1.16. The molecule has 0 fully saturated rings. The molecule has 0 radical (unpaired) electrons. The molecule has 0 atom stereocenters. The van der Waals surface area contributed by atoms with Gasteiger partial charge in [0.15, 0.2) is 5.78 Å². The van der Waals surface area contributed by atoms with E-state index >= 15 is 0 Å². The van der Waals surface area contributed by atoms with E-state index < -0.39 is 0 Å². The summed E-state index contributed by atoms with van der Waals surface area (Å²) in [6.45, 7) is 2.15. The molecule has 0 saturated heterocycles. The van der Waals surface area contributed by atoms with E-state index in [1.54, 1.807) is 11.8 Å². The molecule has 0 unspecified atom stereocenters. The van der Waals surface area contributed by atoms with Crippen molar-refractivity contribution in [3.05, 3.63) is 11.8 Å². The number of allylic oxidation sites excluding steroid dienone is 1. The molecule has 0 saturated carbocycles. The minimum absolute atomic E-state index is 0.0608. The van der Waals surface area contributed by atoms with Crippen LogP contribution in [0.5, 0.6) is 0 Å². The fraction of sp³-hybridized carbons (Fsp3) is 0.625. The molecule has 0 rings (SSSR count). The van der Waals surface area contributed by atoms with Crippen molar-refractivity contribution in [1.29, 1.82) is 0 Å². The lowest BCUT2D eigenvalue weighted by atomic mass is 10.3. The van der Waals surface area contributed by atoms with E-state index in [-0.39, 0.29) is 11.5 Å². The number of likely N-dealkylation sites (N-methyl/N-ethyl adjacent to an activating group) is 1. The molecule has 0 bridgehead atoms. The minimum atomic E-state index is -0.0608. The van der Waals surface area contributed by atoms with Crippen LogP contribution in [0.4, 0.5) is 0 Å². The Labute approximate surface area is 67.3 Å². The van der Waals surface area contributed by atoms with E-state index in [9.17, 15) is 4.79 Å². The summed E-state index contributed by atoms with van der Waals surface area (Å²) in [6, 6.07) is 0. The third kappa shape index (κ3) is 5.61. The maximum atomic E-state index is 10.9. The summed E-state index contributed by atoms with van der Waals surface area (Å²) in [5.74, 6) is 0.0891. The predicted octanol–water partition coefficient (Wildman–Crippen LogP) is 0.969. The second kappa shape index (κ2) is 4.91. The van der Waals surface area contributed by atoms with Gasteiger partial charge in [0, 0.05) is 12.5 Å². The third-order valence-corrected chi connectivity index (χ3v) is 1.16. The molecule has 0 heterocycles. The van der Waals surface area contributed by atoms with Crippen molar-refractivity contribution in [2.75, 3.05) is 20.6 Å². The highest BCUT2D eigenvalue weighted by Gasteiger charge is 2.00. The Hall–Kier alpha value is -0.830. The Morgan fingerprint density at radius 1 is 1.55 bits per heavy atom. The largest absolute Gasteiger partial charge is 0.512 e. The molecule has 0 aliphatic rings. The first kappa shape index (κ1) is 10.2. The number of carbonyl (C=O) groups excluding carboxylic acids is 1. The lowest BCUT2D eigenvalue weighted by Crippen LogP contribution is -2.20. The highest BCUT2D eigenvalue weighted by atomic mass is 16.3. The van der Waals surface area contributed by atoms with E-state index in [1.807, 2.05) is 14.1 Å². The Morgan fingerprint density at radius 2 is 2.09 bits per heavy atom. The van der Waals surface area contributed by atoms with Crippen molar-refractivity contribution in [2.45, 2.75) is 13.3 Å². The number of ketones is 1. The zero-order chi connectivity index (χ0) is 8.85. The van der Waals surface area contributed by atoms with E-state index in [1.165, 1.54) is 6.08 Å². The van der Waals surface area contributed by atoms with Gasteiger partial charge in [0.25, 0.3) is 0 Å². The molecule has 0 aromatic carbocycles. The van der Waals surface area contributed by atoms with Crippen LogP contribution in [0, 0.1) is 0 Å².